The molecular weight excluding hydrogens is 282 g/mol. The number of benzene rings is 1. The van der Waals surface area contributed by atoms with E-state index in [4.69, 9.17) is 10.4 Å². The molecule has 1 aromatic carbocycles. The lowest BCUT2D eigenvalue weighted by Crippen LogP contribution is -2.39. The molecule has 0 radical (unpaired) electrons. The Morgan fingerprint density at radius 2 is 2.05 bits per heavy atom. The van der Waals surface area contributed by atoms with Crippen LogP contribution in [0.3, 0.4) is 0 Å². The molecule has 1 aromatic rings. The highest BCUT2D eigenvalue weighted by Gasteiger charge is 2.16. The molecule has 116 valence electrons. The average molecular weight is 301 g/mol. The highest BCUT2D eigenvalue weighted by atomic mass is 16.4. The minimum atomic E-state index is -1.15. The summed E-state index contributed by atoms with van der Waals surface area (Å²) in [6.07, 6.45) is 3.06. The Morgan fingerprint density at radius 1 is 1.36 bits per heavy atom. The quantitative estimate of drug-likeness (QED) is 0.380. The predicted octanol–water partition coefficient (Wildman–Crippen LogP) is 1.21. The maximum absolute atomic E-state index is 11.7. The van der Waals surface area contributed by atoms with Crippen LogP contribution in [-0.2, 0) is 16.0 Å². The first-order chi connectivity index (χ1) is 10.5. The molecule has 0 aromatic heterocycles. The van der Waals surface area contributed by atoms with E-state index in [9.17, 15) is 9.59 Å². The Bertz CT molecular complexity index is 576. The number of carbonyl (C=O) groups excluding carboxylic acids is 1. The van der Waals surface area contributed by atoms with E-state index in [0.717, 1.165) is 12.8 Å². The molecule has 3 N–H and O–H groups in total. The molecule has 0 aliphatic rings. The molecule has 0 spiro atoms. The standard InChI is InChI=1S/C16H19N3O3/c1-12(16(21)22)19-15(20)14(10-17)11-18-9-5-8-13-6-3-2-4-7-13/h2-4,6-7,11-12,18H,5,8-9H2,1H3,(H,19,20)(H,21,22)/b14-11-. The lowest BCUT2D eigenvalue weighted by Gasteiger charge is -2.08. The fourth-order valence-electron chi connectivity index (χ4n) is 1.70. The van der Waals surface area contributed by atoms with Gasteiger partial charge in [0.1, 0.15) is 17.7 Å². The van der Waals surface area contributed by atoms with Gasteiger partial charge in [0.2, 0.25) is 0 Å². The monoisotopic (exact) mass is 301 g/mol. The summed E-state index contributed by atoms with van der Waals surface area (Å²) in [5.74, 6) is -1.85. The van der Waals surface area contributed by atoms with Crippen LogP contribution in [0.4, 0.5) is 0 Å². The second-order valence-electron chi connectivity index (χ2n) is 4.75. The number of aliphatic carboxylic acids is 1. The summed E-state index contributed by atoms with van der Waals surface area (Å²) in [4.78, 5) is 22.3. The molecule has 6 heteroatoms. The van der Waals surface area contributed by atoms with Crippen LogP contribution in [0.1, 0.15) is 18.9 Å². The highest BCUT2D eigenvalue weighted by Crippen LogP contribution is 2.01. The third kappa shape index (κ3) is 6.09. The van der Waals surface area contributed by atoms with Crippen molar-refractivity contribution in [3.05, 3.63) is 47.7 Å². The van der Waals surface area contributed by atoms with Gasteiger partial charge in [-0.15, -0.1) is 0 Å². The molecule has 1 unspecified atom stereocenters. The molecule has 0 aliphatic carbocycles. The number of nitriles is 1. The van der Waals surface area contributed by atoms with Crippen LogP contribution in [0.2, 0.25) is 0 Å². The Hall–Kier alpha value is -2.81. The number of nitrogens with one attached hydrogen (secondary N) is 2. The summed E-state index contributed by atoms with van der Waals surface area (Å²) in [6, 6.07) is 10.7. The zero-order valence-corrected chi connectivity index (χ0v) is 12.4. The largest absolute Gasteiger partial charge is 0.480 e. The molecule has 1 amide bonds. The first kappa shape index (κ1) is 17.2. The SMILES string of the molecule is CC(NC(=O)/C(C#N)=C\NCCCc1ccccc1)C(=O)O. The molecule has 0 heterocycles. The number of carboxylic acid groups (broad SMARTS) is 1. The molecule has 0 saturated carbocycles. The van der Waals surface area contributed by atoms with Crippen LogP contribution >= 0.6 is 0 Å². The molecule has 1 rings (SSSR count). The van der Waals surface area contributed by atoms with Crippen molar-refractivity contribution in [2.45, 2.75) is 25.8 Å². The lowest BCUT2D eigenvalue weighted by atomic mass is 10.1. The van der Waals surface area contributed by atoms with E-state index in [0.29, 0.717) is 6.54 Å². The number of hydrogen-bond acceptors (Lipinski definition) is 4. The molecule has 0 aliphatic heterocycles. The number of amides is 1. The number of carboxylic acids is 1. The molecule has 0 fully saturated rings. The zero-order valence-electron chi connectivity index (χ0n) is 12.4. The number of hydrogen-bond donors (Lipinski definition) is 3. The smallest absolute Gasteiger partial charge is 0.325 e. The van der Waals surface area contributed by atoms with E-state index in [-0.39, 0.29) is 5.57 Å². The van der Waals surface area contributed by atoms with E-state index in [1.54, 1.807) is 6.07 Å². The number of aryl methyl sites for hydroxylation is 1. The average Bonchev–Trinajstić information content (AvgIpc) is 2.51. The van der Waals surface area contributed by atoms with Gasteiger partial charge in [0.15, 0.2) is 0 Å². The second-order valence-corrected chi connectivity index (χ2v) is 4.75. The van der Waals surface area contributed by atoms with Gasteiger partial charge in [-0.05, 0) is 25.3 Å². The molecular formula is C16H19N3O3. The molecule has 1 atom stereocenters. The van der Waals surface area contributed by atoms with Gasteiger partial charge in [0.25, 0.3) is 5.91 Å². The van der Waals surface area contributed by atoms with E-state index in [2.05, 4.69) is 10.6 Å². The third-order valence-corrected chi connectivity index (χ3v) is 2.96. The van der Waals surface area contributed by atoms with Gasteiger partial charge in [-0.25, -0.2) is 0 Å². The van der Waals surface area contributed by atoms with Gasteiger partial charge < -0.3 is 15.7 Å². The van der Waals surface area contributed by atoms with Crippen molar-refractivity contribution in [1.29, 1.82) is 5.26 Å². The van der Waals surface area contributed by atoms with Crippen molar-refractivity contribution in [3.63, 3.8) is 0 Å². The van der Waals surface area contributed by atoms with Crippen molar-refractivity contribution < 1.29 is 14.7 Å². The normalized spacial score (nSPS) is 12.1. The van der Waals surface area contributed by atoms with Crippen LogP contribution in [0.15, 0.2) is 42.1 Å². The van der Waals surface area contributed by atoms with Gasteiger partial charge in [0, 0.05) is 12.7 Å². The lowest BCUT2D eigenvalue weighted by molar-refractivity contribution is -0.140. The van der Waals surface area contributed by atoms with E-state index < -0.39 is 17.9 Å². The summed E-state index contributed by atoms with van der Waals surface area (Å²) in [7, 11) is 0. The molecule has 0 bridgehead atoms. The Kier molecular flexibility index (Phi) is 7.20. The van der Waals surface area contributed by atoms with Crippen LogP contribution in [0, 0.1) is 11.3 Å². The maximum atomic E-state index is 11.7. The summed E-state index contributed by atoms with van der Waals surface area (Å²) >= 11 is 0. The van der Waals surface area contributed by atoms with E-state index in [1.165, 1.54) is 18.7 Å². The van der Waals surface area contributed by atoms with Gasteiger partial charge >= 0.3 is 5.97 Å². The predicted molar refractivity (Wildman–Crippen MR) is 81.7 cm³/mol. The summed E-state index contributed by atoms with van der Waals surface area (Å²) in [6.45, 7) is 1.95. The first-order valence-electron chi connectivity index (χ1n) is 6.96. The third-order valence-electron chi connectivity index (χ3n) is 2.96. The number of nitrogens with zero attached hydrogens (tertiary/aromatic N) is 1. The fourth-order valence-corrected chi connectivity index (χ4v) is 1.70. The maximum Gasteiger partial charge on any atom is 0.325 e. The van der Waals surface area contributed by atoms with Crippen LogP contribution < -0.4 is 10.6 Å². The summed E-state index contributed by atoms with van der Waals surface area (Å²) in [5, 5.41) is 22.7. The van der Waals surface area contributed by atoms with Crippen LogP contribution in [-0.4, -0.2) is 29.6 Å². The minimum Gasteiger partial charge on any atom is -0.480 e. The van der Waals surface area contributed by atoms with Gasteiger partial charge in [0.05, 0.1) is 0 Å². The fraction of sp³-hybridized carbons (Fsp3) is 0.312. The Labute approximate surface area is 129 Å². The topological polar surface area (TPSA) is 102 Å². The first-order valence-corrected chi connectivity index (χ1v) is 6.96. The van der Waals surface area contributed by atoms with Gasteiger partial charge in [-0.3, -0.25) is 9.59 Å². The van der Waals surface area contributed by atoms with Crippen molar-refractivity contribution in [2.75, 3.05) is 6.54 Å². The number of carbonyl (C=O) groups is 2. The minimum absolute atomic E-state index is 0.146. The Morgan fingerprint density at radius 3 is 2.64 bits per heavy atom. The molecule has 6 nitrogen and oxygen atoms in total. The van der Waals surface area contributed by atoms with Crippen molar-refractivity contribution in [1.82, 2.24) is 10.6 Å². The van der Waals surface area contributed by atoms with E-state index in [1.807, 2.05) is 30.3 Å². The summed E-state index contributed by atoms with van der Waals surface area (Å²) in [5.41, 5.74) is 1.08. The Balaban J connectivity index is 2.37. The van der Waals surface area contributed by atoms with Crippen LogP contribution in [0.25, 0.3) is 0 Å². The van der Waals surface area contributed by atoms with Gasteiger partial charge in [-0.2, -0.15) is 5.26 Å². The number of rotatable bonds is 8. The second kappa shape index (κ2) is 9.19. The molecule has 22 heavy (non-hydrogen) atoms. The van der Waals surface area contributed by atoms with Crippen molar-refractivity contribution in [3.8, 4) is 6.07 Å². The van der Waals surface area contributed by atoms with E-state index >= 15 is 0 Å². The summed E-state index contributed by atoms with van der Waals surface area (Å²) < 4.78 is 0. The van der Waals surface area contributed by atoms with Crippen molar-refractivity contribution >= 4 is 11.9 Å². The zero-order chi connectivity index (χ0) is 16.4. The van der Waals surface area contributed by atoms with Crippen LogP contribution in [0.5, 0.6) is 0 Å². The van der Waals surface area contributed by atoms with Crippen molar-refractivity contribution in [2.24, 2.45) is 0 Å². The molecule has 0 saturated heterocycles. The van der Waals surface area contributed by atoms with Gasteiger partial charge in [-0.1, -0.05) is 30.3 Å². The highest BCUT2D eigenvalue weighted by molar-refractivity contribution is 5.99.